The van der Waals surface area contributed by atoms with Crippen molar-refractivity contribution >= 4 is 17.2 Å². The van der Waals surface area contributed by atoms with Crippen LogP contribution in [0.4, 0.5) is 10.1 Å². The third-order valence-corrected chi connectivity index (χ3v) is 3.67. The van der Waals surface area contributed by atoms with E-state index in [4.69, 9.17) is 0 Å². The van der Waals surface area contributed by atoms with Crippen LogP contribution in [0.1, 0.15) is 10.4 Å². The van der Waals surface area contributed by atoms with Crippen LogP contribution < -0.4 is 5.32 Å². The van der Waals surface area contributed by atoms with Crippen molar-refractivity contribution in [1.82, 2.24) is 24.4 Å². The summed E-state index contributed by atoms with van der Waals surface area (Å²) in [6.07, 6.45) is 6.51. The van der Waals surface area contributed by atoms with Gasteiger partial charge in [-0.15, -0.1) is 0 Å². The van der Waals surface area contributed by atoms with E-state index in [-0.39, 0.29) is 5.56 Å². The molecule has 0 spiro atoms. The number of aryl methyl sites for hydroxylation is 1. The lowest BCUT2D eigenvalue weighted by Gasteiger charge is -2.07. The average molecular weight is 336 g/mol. The van der Waals surface area contributed by atoms with Crippen LogP contribution in [0, 0.1) is 5.82 Å². The lowest BCUT2D eigenvalue weighted by Crippen LogP contribution is -2.12. The molecule has 0 saturated heterocycles. The second-order valence-electron chi connectivity index (χ2n) is 5.53. The molecule has 0 aliphatic heterocycles. The van der Waals surface area contributed by atoms with Gasteiger partial charge in [0.05, 0.1) is 17.6 Å². The molecule has 0 aliphatic carbocycles. The topological polar surface area (TPSA) is 77.1 Å². The number of carbonyl (C=O) groups is 1. The molecule has 4 aromatic rings. The number of amides is 1. The van der Waals surface area contributed by atoms with E-state index in [2.05, 4.69) is 20.5 Å². The normalized spacial score (nSPS) is 11.0. The summed E-state index contributed by atoms with van der Waals surface area (Å²) in [5.41, 5.74) is 2.48. The predicted molar refractivity (Wildman–Crippen MR) is 89.5 cm³/mol. The first-order chi connectivity index (χ1) is 12.1. The van der Waals surface area contributed by atoms with Gasteiger partial charge in [0, 0.05) is 36.8 Å². The third-order valence-electron chi connectivity index (χ3n) is 3.67. The molecule has 3 aromatic heterocycles. The monoisotopic (exact) mass is 336 g/mol. The molecule has 3 heterocycles. The van der Waals surface area contributed by atoms with Gasteiger partial charge in [-0.2, -0.15) is 10.2 Å². The van der Waals surface area contributed by atoms with Gasteiger partial charge in [-0.25, -0.2) is 13.9 Å². The zero-order valence-electron chi connectivity index (χ0n) is 13.2. The number of hydrogen-bond acceptors (Lipinski definition) is 4. The number of anilines is 1. The third kappa shape index (κ3) is 2.97. The fraction of sp³-hybridized carbons (Fsp3) is 0.0588. The molecule has 0 bridgehead atoms. The van der Waals surface area contributed by atoms with Crippen molar-refractivity contribution in [2.45, 2.75) is 0 Å². The molecule has 0 saturated carbocycles. The van der Waals surface area contributed by atoms with Crippen molar-refractivity contribution < 1.29 is 9.18 Å². The average Bonchev–Trinajstić information content (AvgIpc) is 3.22. The Kier molecular flexibility index (Phi) is 3.50. The summed E-state index contributed by atoms with van der Waals surface area (Å²) in [5, 5.41) is 11.0. The molecule has 1 N–H and O–H groups in total. The Hall–Kier alpha value is -3.55. The van der Waals surface area contributed by atoms with Crippen LogP contribution in [0.25, 0.3) is 16.9 Å². The Morgan fingerprint density at radius 1 is 1.24 bits per heavy atom. The molecule has 8 heteroatoms. The standard InChI is InChI=1S/C17H13FN6O/c1-23-10-14(9-20-23)21-17(25)12-6-11(7-13(18)8-12)15-2-3-16-19-4-5-24(16)22-15/h2-10H,1H3,(H,21,25). The molecular formula is C17H13FN6O. The predicted octanol–water partition coefficient (Wildman–Crippen LogP) is 2.52. The quantitative estimate of drug-likeness (QED) is 0.624. The van der Waals surface area contributed by atoms with Crippen molar-refractivity contribution in [3.63, 3.8) is 0 Å². The lowest BCUT2D eigenvalue weighted by atomic mass is 10.1. The number of carbonyl (C=O) groups excluding carboxylic acids is 1. The Bertz CT molecular complexity index is 1080. The first-order valence-electron chi connectivity index (χ1n) is 7.50. The van der Waals surface area contributed by atoms with E-state index < -0.39 is 11.7 Å². The van der Waals surface area contributed by atoms with Crippen molar-refractivity contribution in [1.29, 1.82) is 0 Å². The van der Waals surface area contributed by atoms with Gasteiger partial charge in [-0.1, -0.05) is 0 Å². The highest BCUT2D eigenvalue weighted by molar-refractivity contribution is 6.04. The molecule has 25 heavy (non-hydrogen) atoms. The van der Waals surface area contributed by atoms with Crippen LogP contribution >= 0.6 is 0 Å². The molecule has 124 valence electrons. The summed E-state index contributed by atoms with van der Waals surface area (Å²) < 4.78 is 17.2. The smallest absolute Gasteiger partial charge is 0.255 e. The second-order valence-corrected chi connectivity index (χ2v) is 5.53. The number of aromatic nitrogens is 5. The van der Waals surface area contributed by atoms with Gasteiger partial charge in [-0.05, 0) is 30.3 Å². The van der Waals surface area contributed by atoms with Crippen molar-refractivity contribution in [3.05, 3.63) is 66.5 Å². The number of halogens is 1. The molecule has 4 rings (SSSR count). The lowest BCUT2D eigenvalue weighted by molar-refractivity contribution is 0.102. The second kappa shape index (κ2) is 5.82. The fourth-order valence-electron chi connectivity index (χ4n) is 2.53. The Morgan fingerprint density at radius 2 is 2.12 bits per heavy atom. The molecule has 1 amide bonds. The number of rotatable bonds is 3. The largest absolute Gasteiger partial charge is 0.319 e. The summed E-state index contributed by atoms with van der Waals surface area (Å²) in [6, 6.07) is 7.64. The maximum absolute atomic E-state index is 14.0. The minimum absolute atomic E-state index is 0.200. The van der Waals surface area contributed by atoms with Gasteiger partial charge in [0.1, 0.15) is 5.82 Å². The number of nitrogens with zero attached hydrogens (tertiary/aromatic N) is 5. The summed E-state index contributed by atoms with van der Waals surface area (Å²) in [7, 11) is 1.74. The highest BCUT2D eigenvalue weighted by Gasteiger charge is 2.12. The minimum Gasteiger partial charge on any atom is -0.319 e. The van der Waals surface area contributed by atoms with Crippen LogP contribution in [0.2, 0.25) is 0 Å². The molecule has 0 atom stereocenters. The number of benzene rings is 1. The highest BCUT2D eigenvalue weighted by atomic mass is 19.1. The van der Waals surface area contributed by atoms with E-state index in [0.29, 0.717) is 22.6 Å². The van der Waals surface area contributed by atoms with Gasteiger partial charge in [-0.3, -0.25) is 9.48 Å². The van der Waals surface area contributed by atoms with Crippen LogP contribution in [-0.4, -0.2) is 30.3 Å². The molecule has 7 nitrogen and oxygen atoms in total. The molecule has 0 aliphatic rings. The summed E-state index contributed by atoms with van der Waals surface area (Å²) >= 11 is 0. The first-order valence-corrected chi connectivity index (χ1v) is 7.50. The molecule has 0 unspecified atom stereocenters. The Labute approximate surface area is 141 Å². The van der Waals surface area contributed by atoms with Gasteiger partial charge < -0.3 is 5.32 Å². The first kappa shape index (κ1) is 15.0. The highest BCUT2D eigenvalue weighted by Crippen LogP contribution is 2.21. The molecule has 0 fully saturated rings. The van der Waals surface area contributed by atoms with E-state index in [9.17, 15) is 9.18 Å². The Balaban J connectivity index is 1.69. The Morgan fingerprint density at radius 3 is 2.92 bits per heavy atom. The maximum atomic E-state index is 14.0. The number of nitrogens with one attached hydrogen (secondary N) is 1. The fourth-order valence-corrected chi connectivity index (χ4v) is 2.53. The number of imidazole rings is 1. The van der Waals surface area contributed by atoms with Crippen LogP contribution in [0.5, 0.6) is 0 Å². The van der Waals surface area contributed by atoms with Crippen molar-refractivity contribution in [3.8, 4) is 11.3 Å². The molecule has 1 aromatic carbocycles. The molecular weight excluding hydrogens is 323 g/mol. The summed E-state index contributed by atoms with van der Waals surface area (Å²) in [4.78, 5) is 16.5. The number of fused-ring (bicyclic) bond motifs is 1. The van der Waals surface area contributed by atoms with Crippen molar-refractivity contribution in [2.75, 3.05) is 5.32 Å². The summed E-state index contributed by atoms with van der Waals surface area (Å²) in [6.45, 7) is 0. The van der Waals surface area contributed by atoms with Gasteiger partial charge in [0.2, 0.25) is 0 Å². The summed E-state index contributed by atoms with van der Waals surface area (Å²) in [5.74, 6) is -0.932. The van der Waals surface area contributed by atoms with E-state index >= 15 is 0 Å². The van der Waals surface area contributed by atoms with Crippen molar-refractivity contribution in [2.24, 2.45) is 7.05 Å². The van der Waals surface area contributed by atoms with Gasteiger partial charge >= 0.3 is 0 Å². The van der Waals surface area contributed by atoms with Crippen LogP contribution in [-0.2, 0) is 7.05 Å². The van der Waals surface area contributed by atoms with Gasteiger partial charge in [0.15, 0.2) is 5.65 Å². The zero-order valence-corrected chi connectivity index (χ0v) is 13.2. The van der Waals surface area contributed by atoms with E-state index in [0.717, 1.165) is 0 Å². The number of hydrogen-bond donors (Lipinski definition) is 1. The minimum atomic E-state index is -0.513. The van der Waals surface area contributed by atoms with E-state index in [1.165, 1.54) is 18.3 Å². The van der Waals surface area contributed by atoms with E-state index in [1.807, 2.05) is 0 Å². The van der Waals surface area contributed by atoms with E-state index in [1.54, 1.807) is 53.0 Å². The zero-order chi connectivity index (χ0) is 17.4. The molecule has 0 radical (unpaired) electrons. The SMILES string of the molecule is Cn1cc(NC(=O)c2cc(F)cc(-c3ccc4nccn4n3)c2)cn1. The maximum Gasteiger partial charge on any atom is 0.255 e. The van der Waals surface area contributed by atoms with Crippen LogP contribution in [0.15, 0.2) is 55.1 Å². The van der Waals surface area contributed by atoms with Gasteiger partial charge in [0.25, 0.3) is 5.91 Å². The van der Waals surface area contributed by atoms with Crippen LogP contribution in [0.3, 0.4) is 0 Å².